The quantitative estimate of drug-likeness (QED) is 0.514. The molecule has 2 aromatic rings. The maximum Gasteiger partial charge on any atom is 0.341 e. The van der Waals surface area contributed by atoms with Crippen LogP contribution in [0.15, 0.2) is 42.5 Å². The van der Waals surface area contributed by atoms with Crippen LogP contribution in [0.25, 0.3) is 10.8 Å². The molecule has 0 unspecified atom stereocenters. The molecule has 148 valence electrons. The third-order valence-electron chi connectivity index (χ3n) is 3.63. The Morgan fingerprint density at radius 1 is 1.07 bits per heavy atom. The van der Waals surface area contributed by atoms with Gasteiger partial charge >= 0.3 is 7.60 Å². The molecule has 2 rings (SSSR count). The second-order valence-corrected chi connectivity index (χ2v) is 9.74. The van der Waals surface area contributed by atoms with E-state index in [0.29, 0.717) is 11.8 Å². The van der Waals surface area contributed by atoms with Crippen molar-refractivity contribution in [3.63, 3.8) is 0 Å². The lowest BCUT2D eigenvalue weighted by atomic mass is 10.00. The predicted octanol–water partition coefficient (Wildman–Crippen LogP) is 6.34. The zero-order valence-corrected chi connectivity index (χ0v) is 18.1. The van der Waals surface area contributed by atoms with Crippen LogP contribution in [0.5, 0.6) is 0 Å². The van der Waals surface area contributed by atoms with Crippen LogP contribution < -0.4 is 5.32 Å². The topological polar surface area (TPSA) is 64.6 Å². The Hall–Kier alpha value is -1.33. The van der Waals surface area contributed by atoms with Gasteiger partial charge in [-0.15, -0.1) is 0 Å². The van der Waals surface area contributed by atoms with E-state index in [4.69, 9.17) is 10.4 Å². The van der Waals surface area contributed by atoms with Gasteiger partial charge in [0.2, 0.25) is 0 Å². The van der Waals surface area contributed by atoms with Crippen molar-refractivity contribution in [3.8, 4) is 0 Å². The van der Waals surface area contributed by atoms with E-state index in [-0.39, 0.29) is 18.2 Å². The van der Waals surface area contributed by atoms with E-state index in [0.717, 1.165) is 16.3 Å². The molecule has 0 aliphatic heterocycles. The van der Waals surface area contributed by atoms with Crippen LogP contribution in [0, 0.1) is 0 Å². The largest absolute Gasteiger partial charge is 0.341 e. The van der Waals surface area contributed by atoms with Gasteiger partial charge in [0.05, 0.1) is 19.6 Å². The fourth-order valence-corrected chi connectivity index (χ4v) is 5.46. The second kappa shape index (κ2) is 9.74. The Labute approximate surface area is 167 Å². The summed E-state index contributed by atoms with van der Waals surface area (Å²) in [5, 5.41) is 4.57. The van der Waals surface area contributed by atoms with Crippen LogP contribution in [-0.2, 0) is 13.6 Å². The molecule has 0 spiro atoms. The minimum absolute atomic E-state index is 0.269. The molecule has 0 fully saturated rings. The van der Waals surface area contributed by atoms with Crippen molar-refractivity contribution in [1.82, 2.24) is 5.32 Å². The monoisotopic (exact) mass is 410 g/mol. The van der Waals surface area contributed by atoms with Crippen molar-refractivity contribution in [2.75, 3.05) is 5.47 Å². The molecule has 0 saturated heterocycles. The standard InChI is InChI=1S/C20H28NO4PS/c1-14(2)24-26(23,25-15(3)4)13-27-20(22)21-16(5)18-12-8-10-17-9-6-7-11-19(17)18/h6-12,14-16H,13H2,1-5H3,(H,21,22)/t16-/m1/s1/i13D/t13-,16-. The Kier molecular flexibility index (Phi) is 7.36. The molecule has 2 atom stereocenters. The minimum atomic E-state index is -3.76. The highest BCUT2D eigenvalue weighted by molar-refractivity contribution is 8.17. The third-order valence-corrected chi connectivity index (χ3v) is 6.85. The van der Waals surface area contributed by atoms with Gasteiger partial charge in [0, 0.05) is 0 Å². The Morgan fingerprint density at radius 2 is 1.67 bits per heavy atom. The molecule has 5 nitrogen and oxygen atoms in total. The summed E-state index contributed by atoms with van der Waals surface area (Å²) in [5.41, 5.74) is -0.384. The van der Waals surface area contributed by atoms with Crippen molar-refractivity contribution in [3.05, 3.63) is 48.0 Å². The number of nitrogens with one attached hydrogen (secondary N) is 1. The number of hydrogen-bond donors (Lipinski definition) is 1. The molecule has 0 aliphatic carbocycles. The van der Waals surface area contributed by atoms with Crippen molar-refractivity contribution >= 4 is 35.4 Å². The molecule has 0 saturated carbocycles. The van der Waals surface area contributed by atoms with Gasteiger partial charge in [-0.25, -0.2) is 0 Å². The average Bonchev–Trinajstić information content (AvgIpc) is 2.59. The van der Waals surface area contributed by atoms with Crippen molar-refractivity contribution in [1.29, 1.82) is 0 Å². The molecule has 27 heavy (non-hydrogen) atoms. The van der Waals surface area contributed by atoms with Gasteiger partial charge in [-0.3, -0.25) is 9.36 Å². The number of carbonyl (C=O) groups excluding carboxylic acids is 1. The van der Waals surface area contributed by atoms with E-state index in [1.807, 2.05) is 49.4 Å². The smallest absolute Gasteiger partial charge is 0.340 e. The molecule has 1 amide bonds. The Balaban J connectivity index is 2.10. The van der Waals surface area contributed by atoms with Gasteiger partial charge in [0.1, 0.15) is 5.47 Å². The van der Waals surface area contributed by atoms with Gasteiger partial charge in [-0.1, -0.05) is 54.2 Å². The minimum Gasteiger partial charge on any atom is -0.340 e. The van der Waals surface area contributed by atoms with E-state index in [9.17, 15) is 9.36 Å². The summed E-state index contributed by atoms with van der Waals surface area (Å²) in [5.74, 6) is 0. The SMILES string of the molecule is [2H][C@@H](SC(=O)N[C@H](C)c1cccc2ccccc12)P(=O)(OC(C)C)OC(C)C. The number of rotatable bonds is 8. The second-order valence-electron chi connectivity index (χ2n) is 6.79. The highest BCUT2D eigenvalue weighted by Crippen LogP contribution is 2.53. The van der Waals surface area contributed by atoms with E-state index < -0.39 is 18.3 Å². The Morgan fingerprint density at radius 3 is 2.30 bits per heavy atom. The fourth-order valence-electron chi connectivity index (χ4n) is 2.69. The first-order valence-corrected chi connectivity index (χ1v) is 11.4. The number of hydrogen-bond acceptors (Lipinski definition) is 5. The summed E-state index contributed by atoms with van der Waals surface area (Å²) in [6.45, 7) is 8.76. The number of benzene rings is 2. The van der Waals surface area contributed by atoms with E-state index >= 15 is 0 Å². The van der Waals surface area contributed by atoms with Crippen LogP contribution >= 0.6 is 19.4 Å². The number of carbonyl (C=O) groups is 1. The lowest BCUT2D eigenvalue weighted by molar-refractivity contribution is 0.145. The van der Waals surface area contributed by atoms with Gasteiger partial charge in [-0.05, 0) is 51.0 Å². The molecule has 0 radical (unpaired) electrons. The summed E-state index contributed by atoms with van der Waals surface area (Å²) in [7, 11) is -3.76. The van der Waals surface area contributed by atoms with Crippen LogP contribution in [-0.4, -0.2) is 22.9 Å². The highest BCUT2D eigenvalue weighted by atomic mass is 32.2. The molecule has 0 aromatic heterocycles. The van der Waals surface area contributed by atoms with Crippen molar-refractivity contribution in [2.24, 2.45) is 0 Å². The molecule has 0 heterocycles. The van der Waals surface area contributed by atoms with Crippen LogP contribution in [0.3, 0.4) is 0 Å². The lowest BCUT2D eigenvalue weighted by Gasteiger charge is -2.22. The lowest BCUT2D eigenvalue weighted by Crippen LogP contribution is -2.23. The number of thioether (sulfide) groups is 1. The third kappa shape index (κ3) is 6.65. The molecule has 7 heteroatoms. The van der Waals surface area contributed by atoms with Gasteiger partial charge in [0.25, 0.3) is 5.24 Å². The van der Waals surface area contributed by atoms with Crippen molar-refractivity contribution < 1.29 is 19.8 Å². The van der Waals surface area contributed by atoms with Gasteiger partial charge < -0.3 is 14.4 Å². The van der Waals surface area contributed by atoms with Gasteiger partial charge in [0.15, 0.2) is 0 Å². The summed E-state index contributed by atoms with van der Waals surface area (Å²) >= 11 is 0.622. The molecular weight excluding hydrogens is 381 g/mol. The van der Waals surface area contributed by atoms with Crippen LogP contribution in [0.4, 0.5) is 4.79 Å². The first-order chi connectivity index (χ1) is 13.1. The average molecular weight is 410 g/mol. The first-order valence-electron chi connectivity index (χ1n) is 9.53. The predicted molar refractivity (Wildman–Crippen MR) is 113 cm³/mol. The molecule has 0 aliphatic rings. The zero-order chi connectivity index (χ0) is 20.9. The molecule has 0 bridgehead atoms. The summed E-state index contributed by atoms with van der Waals surface area (Å²) in [4.78, 5) is 12.5. The van der Waals surface area contributed by atoms with Crippen molar-refractivity contribution in [2.45, 2.75) is 52.9 Å². The molecule has 2 aromatic carbocycles. The maximum atomic E-state index is 13.0. The summed E-state index contributed by atoms with van der Waals surface area (Å²) < 4.78 is 32.0. The van der Waals surface area contributed by atoms with E-state index in [1.165, 1.54) is 0 Å². The van der Waals surface area contributed by atoms with E-state index in [2.05, 4.69) is 5.32 Å². The Bertz CT molecular complexity index is 842. The van der Waals surface area contributed by atoms with Gasteiger partial charge in [-0.2, -0.15) is 0 Å². The molecule has 1 N–H and O–H groups in total. The number of fused-ring (bicyclic) bond motifs is 1. The summed E-state index contributed by atoms with van der Waals surface area (Å²) in [6.07, 6.45) is -0.758. The van der Waals surface area contributed by atoms with Crippen LogP contribution in [0.1, 0.15) is 47.6 Å². The molecular formula is C20H28NO4PS. The zero-order valence-electron chi connectivity index (χ0n) is 17.3. The van der Waals surface area contributed by atoms with E-state index in [1.54, 1.807) is 27.7 Å². The normalized spacial score (nSPS) is 15.0. The fraction of sp³-hybridized carbons (Fsp3) is 0.450. The first kappa shape index (κ1) is 20.4. The van der Waals surface area contributed by atoms with Crippen LogP contribution in [0.2, 0.25) is 0 Å². The maximum absolute atomic E-state index is 13.0. The summed E-state index contributed by atoms with van der Waals surface area (Å²) in [6, 6.07) is 13.6. The highest BCUT2D eigenvalue weighted by Gasteiger charge is 2.29. The number of amides is 1.